The molecule has 2 atom stereocenters. The molecule has 18 heteroatoms. The number of nitrogens with zero attached hydrogens (tertiary/aromatic N) is 8. The standard InChI is InChI=1S/C37H33ClN10O6S/c1-18-19(2)55-37-30(18)32(21-7-9-22(38)10-8-21)40-25(33-44-42-20(3)47(33)37)15-29(50)39-13-14-46-16-23(43-45-46)17-54-27-6-4-5-24-31(27)36(53)48(35(24)52)26-11-12-28(49)41-34(26)51/h4-10,16,25-26H,11-15,17H2,1-3H3,(H,39,50)(H,41,49,51)/t25-,26?/m0/s1. The number of amides is 5. The van der Waals surface area contributed by atoms with Crippen LogP contribution in [0.1, 0.15) is 84.9 Å². The van der Waals surface area contributed by atoms with Crippen LogP contribution in [-0.2, 0) is 27.5 Å². The molecule has 5 aromatic rings. The Labute approximate surface area is 322 Å². The fourth-order valence-electron chi connectivity index (χ4n) is 6.96. The molecule has 2 N–H and O–H groups in total. The molecule has 3 aliphatic rings. The van der Waals surface area contributed by atoms with Crippen molar-refractivity contribution in [3.8, 4) is 10.8 Å². The second-order valence-electron chi connectivity index (χ2n) is 13.3. The van der Waals surface area contributed by atoms with Gasteiger partial charge in [-0.3, -0.25) is 48.4 Å². The molecular weight excluding hydrogens is 748 g/mol. The molecule has 1 fully saturated rings. The van der Waals surface area contributed by atoms with E-state index in [0.29, 0.717) is 28.9 Å². The SMILES string of the molecule is Cc1sc2c(c1C)C(c1ccc(Cl)cc1)=N[C@@H](CC(=O)NCCn1cc(COc3cccc4c3C(=O)N(C3CCC(=O)NC3=O)C4=O)nn1)c1nnc(C)n1-2. The van der Waals surface area contributed by atoms with Crippen LogP contribution in [-0.4, -0.2) is 82.5 Å². The predicted molar refractivity (Wildman–Crippen MR) is 198 cm³/mol. The van der Waals surface area contributed by atoms with E-state index in [1.807, 2.05) is 35.8 Å². The van der Waals surface area contributed by atoms with Crippen molar-refractivity contribution in [2.75, 3.05) is 6.54 Å². The highest BCUT2D eigenvalue weighted by atomic mass is 35.5. The van der Waals surface area contributed by atoms with Crippen LogP contribution in [0.5, 0.6) is 5.75 Å². The summed E-state index contributed by atoms with van der Waals surface area (Å²) < 4.78 is 9.47. The minimum atomic E-state index is -1.09. The average Bonchev–Trinajstić information content (AvgIpc) is 3.89. The number of carbonyl (C=O) groups excluding carboxylic acids is 5. The summed E-state index contributed by atoms with van der Waals surface area (Å²) in [6, 6.07) is 10.4. The number of piperidine rings is 1. The number of thiophene rings is 1. The molecule has 1 unspecified atom stereocenters. The number of fused-ring (bicyclic) bond motifs is 4. The summed E-state index contributed by atoms with van der Waals surface area (Å²) in [7, 11) is 0. The lowest BCUT2D eigenvalue weighted by Gasteiger charge is -2.27. The molecule has 8 rings (SSSR count). The molecule has 6 heterocycles. The van der Waals surface area contributed by atoms with E-state index < -0.39 is 35.7 Å². The van der Waals surface area contributed by atoms with Crippen molar-refractivity contribution in [1.82, 2.24) is 45.3 Å². The zero-order valence-corrected chi connectivity index (χ0v) is 31.4. The summed E-state index contributed by atoms with van der Waals surface area (Å²) in [6.45, 7) is 6.52. The number of aliphatic imine (C=N–C) groups is 1. The number of nitrogens with one attached hydrogen (secondary N) is 2. The number of imide groups is 2. The Hall–Kier alpha value is -6.07. The molecule has 0 radical (unpaired) electrons. The zero-order valence-electron chi connectivity index (χ0n) is 29.8. The van der Waals surface area contributed by atoms with E-state index in [4.69, 9.17) is 21.3 Å². The maximum absolute atomic E-state index is 13.4. The number of rotatable bonds is 10. The van der Waals surface area contributed by atoms with E-state index in [-0.39, 0.29) is 55.2 Å². The number of ether oxygens (including phenoxy) is 1. The van der Waals surface area contributed by atoms with Crippen molar-refractivity contribution in [1.29, 1.82) is 0 Å². The van der Waals surface area contributed by atoms with Crippen LogP contribution in [0.15, 0.2) is 53.7 Å². The summed E-state index contributed by atoms with van der Waals surface area (Å²) in [5.74, 6) is -1.23. The normalized spacial score (nSPS) is 17.7. The lowest BCUT2D eigenvalue weighted by molar-refractivity contribution is -0.136. The summed E-state index contributed by atoms with van der Waals surface area (Å²) in [6.07, 6.45) is 1.75. The highest BCUT2D eigenvalue weighted by molar-refractivity contribution is 7.15. The molecule has 0 bridgehead atoms. The highest BCUT2D eigenvalue weighted by Gasteiger charge is 2.46. The molecule has 2 aromatic carbocycles. The van der Waals surface area contributed by atoms with Gasteiger partial charge in [-0.25, -0.2) is 0 Å². The summed E-state index contributed by atoms with van der Waals surface area (Å²) >= 11 is 7.86. The van der Waals surface area contributed by atoms with Crippen molar-refractivity contribution in [3.63, 3.8) is 0 Å². The Bertz CT molecular complexity index is 2450. The van der Waals surface area contributed by atoms with Gasteiger partial charge in [-0.15, -0.1) is 26.6 Å². The van der Waals surface area contributed by atoms with Gasteiger partial charge in [0.2, 0.25) is 17.7 Å². The first-order valence-corrected chi connectivity index (χ1v) is 18.7. The average molecular weight is 781 g/mol. The number of benzene rings is 2. The molecule has 3 aliphatic heterocycles. The number of aryl methyl sites for hydroxylation is 2. The van der Waals surface area contributed by atoms with Crippen molar-refractivity contribution in [3.05, 3.63) is 104 Å². The van der Waals surface area contributed by atoms with Crippen molar-refractivity contribution >= 4 is 58.2 Å². The molecule has 280 valence electrons. The van der Waals surface area contributed by atoms with Crippen molar-refractivity contribution in [2.24, 2.45) is 4.99 Å². The fraction of sp³-hybridized carbons (Fsp3) is 0.297. The third-order valence-electron chi connectivity index (χ3n) is 9.79. The predicted octanol–water partition coefficient (Wildman–Crippen LogP) is 3.58. The van der Waals surface area contributed by atoms with Gasteiger partial charge in [-0.1, -0.05) is 35.0 Å². The molecule has 55 heavy (non-hydrogen) atoms. The Morgan fingerprint density at radius 2 is 1.82 bits per heavy atom. The quantitative estimate of drug-likeness (QED) is 0.198. The number of halogens is 1. The Morgan fingerprint density at radius 1 is 1.02 bits per heavy atom. The van der Waals surface area contributed by atoms with Crippen molar-refractivity contribution < 1.29 is 28.7 Å². The third-order valence-corrected chi connectivity index (χ3v) is 11.2. The summed E-state index contributed by atoms with van der Waals surface area (Å²) in [4.78, 5) is 71.2. The molecule has 5 amide bonds. The highest BCUT2D eigenvalue weighted by Crippen LogP contribution is 2.40. The van der Waals surface area contributed by atoms with Gasteiger partial charge in [0.05, 0.1) is 36.0 Å². The molecule has 16 nitrogen and oxygen atoms in total. The minimum absolute atomic E-state index is 0.0211. The van der Waals surface area contributed by atoms with Gasteiger partial charge >= 0.3 is 0 Å². The number of hydrogen-bond donors (Lipinski definition) is 2. The molecule has 0 saturated carbocycles. The largest absolute Gasteiger partial charge is 0.486 e. The molecule has 3 aromatic heterocycles. The summed E-state index contributed by atoms with van der Waals surface area (Å²) in [5, 5.41) is 23.8. The lowest BCUT2D eigenvalue weighted by atomic mass is 9.99. The maximum atomic E-state index is 13.4. The molecule has 0 aliphatic carbocycles. The maximum Gasteiger partial charge on any atom is 0.266 e. The van der Waals surface area contributed by atoms with Crippen LogP contribution >= 0.6 is 22.9 Å². The number of hydrogen-bond acceptors (Lipinski definition) is 12. The van der Waals surface area contributed by atoms with Crippen LogP contribution in [0.3, 0.4) is 0 Å². The number of aromatic nitrogens is 6. The monoisotopic (exact) mass is 780 g/mol. The number of carbonyl (C=O) groups is 5. The second-order valence-corrected chi connectivity index (χ2v) is 15.0. The van der Waals surface area contributed by atoms with Crippen LogP contribution in [0.2, 0.25) is 5.02 Å². The van der Waals surface area contributed by atoms with Crippen molar-refractivity contribution in [2.45, 2.75) is 65.3 Å². The van der Waals surface area contributed by atoms with Gasteiger partial charge in [0, 0.05) is 34.0 Å². The van der Waals surface area contributed by atoms with E-state index in [0.717, 1.165) is 37.2 Å². The van der Waals surface area contributed by atoms with Crippen LogP contribution < -0.4 is 15.4 Å². The van der Waals surface area contributed by atoms with Gasteiger partial charge in [0.1, 0.15) is 41.0 Å². The Balaban J connectivity index is 0.916. The van der Waals surface area contributed by atoms with E-state index in [2.05, 4.69) is 45.0 Å². The van der Waals surface area contributed by atoms with Gasteiger partial charge in [-0.2, -0.15) is 0 Å². The topological polar surface area (TPSA) is 196 Å². The second kappa shape index (κ2) is 14.3. The van der Waals surface area contributed by atoms with E-state index >= 15 is 0 Å². The fourth-order valence-corrected chi connectivity index (χ4v) is 8.30. The molecular formula is C37H33ClN10O6S. The van der Waals surface area contributed by atoms with Gasteiger partial charge < -0.3 is 10.1 Å². The van der Waals surface area contributed by atoms with Gasteiger partial charge in [0.15, 0.2) is 5.82 Å². The molecule has 1 saturated heterocycles. The van der Waals surface area contributed by atoms with E-state index in [1.54, 1.807) is 34.3 Å². The Kier molecular flexibility index (Phi) is 9.34. The summed E-state index contributed by atoms with van der Waals surface area (Å²) in [5.41, 5.74) is 4.32. The van der Waals surface area contributed by atoms with Crippen LogP contribution in [0.4, 0.5) is 0 Å². The van der Waals surface area contributed by atoms with Crippen LogP contribution in [0, 0.1) is 20.8 Å². The first-order valence-electron chi connectivity index (χ1n) is 17.5. The first kappa shape index (κ1) is 35.9. The third kappa shape index (κ3) is 6.58. The zero-order chi connectivity index (χ0) is 38.5. The van der Waals surface area contributed by atoms with Crippen LogP contribution in [0.25, 0.3) is 5.00 Å². The first-order chi connectivity index (χ1) is 26.5. The van der Waals surface area contributed by atoms with Gasteiger partial charge in [0.25, 0.3) is 11.8 Å². The van der Waals surface area contributed by atoms with E-state index in [1.165, 1.54) is 6.07 Å². The molecule has 0 spiro atoms. The smallest absolute Gasteiger partial charge is 0.266 e. The van der Waals surface area contributed by atoms with E-state index in [9.17, 15) is 24.0 Å². The Morgan fingerprint density at radius 3 is 2.60 bits per heavy atom. The minimum Gasteiger partial charge on any atom is -0.486 e. The van der Waals surface area contributed by atoms with Gasteiger partial charge in [-0.05, 0) is 57.0 Å². The lowest BCUT2D eigenvalue weighted by Crippen LogP contribution is -2.54.